The zero-order chi connectivity index (χ0) is 32.2. The number of aliphatic hydroxyl groups excluding tert-OH is 1. The van der Waals surface area contributed by atoms with Crippen LogP contribution < -0.4 is 10.6 Å². The van der Waals surface area contributed by atoms with Gasteiger partial charge in [-0.3, -0.25) is 24.0 Å². The lowest BCUT2D eigenvalue weighted by Crippen LogP contribution is -2.69. The highest BCUT2D eigenvalue weighted by atomic mass is 16.8. The van der Waals surface area contributed by atoms with Crippen molar-refractivity contribution in [3.05, 3.63) is 41.5 Å². The molecule has 3 saturated carbocycles. The van der Waals surface area contributed by atoms with E-state index in [2.05, 4.69) is 10.6 Å². The number of esters is 1. The first-order valence-electron chi connectivity index (χ1n) is 16.3. The molecule has 3 amide bonds. The summed E-state index contributed by atoms with van der Waals surface area (Å²) in [6.45, 7) is 0.181. The van der Waals surface area contributed by atoms with Crippen molar-refractivity contribution in [2.75, 3.05) is 33.8 Å². The maximum atomic E-state index is 14.3. The lowest BCUT2D eigenvalue weighted by atomic mass is 9.62. The van der Waals surface area contributed by atoms with Crippen LogP contribution in [0.3, 0.4) is 0 Å². The van der Waals surface area contributed by atoms with Crippen LogP contribution in [-0.4, -0.2) is 109 Å². The van der Waals surface area contributed by atoms with Gasteiger partial charge in [0.25, 0.3) is 0 Å². The van der Waals surface area contributed by atoms with Crippen molar-refractivity contribution < 1.29 is 43.3 Å². The highest BCUT2D eigenvalue weighted by molar-refractivity contribution is 5.94. The van der Waals surface area contributed by atoms with Gasteiger partial charge in [0, 0.05) is 57.9 Å². The lowest BCUT2D eigenvalue weighted by Gasteiger charge is -2.48. The van der Waals surface area contributed by atoms with Crippen molar-refractivity contribution in [1.82, 2.24) is 20.6 Å². The number of carbonyl (C=O) groups excluding carboxylic acids is 4. The summed E-state index contributed by atoms with van der Waals surface area (Å²) >= 11 is 0. The molecule has 3 saturated heterocycles. The second-order valence-corrected chi connectivity index (χ2v) is 13.5. The van der Waals surface area contributed by atoms with E-state index in [4.69, 9.17) is 24.2 Å². The fourth-order valence-electron chi connectivity index (χ4n) is 7.70. The van der Waals surface area contributed by atoms with Crippen molar-refractivity contribution >= 4 is 29.8 Å². The van der Waals surface area contributed by atoms with Gasteiger partial charge in [-0.05, 0) is 42.9 Å². The molecular formula is C33H42N4O9. The Morgan fingerprint density at radius 3 is 2.50 bits per heavy atom. The van der Waals surface area contributed by atoms with E-state index in [1.165, 1.54) is 11.0 Å². The predicted octanol–water partition coefficient (Wildman–Crippen LogP) is 0.503. The van der Waals surface area contributed by atoms with E-state index in [-0.39, 0.29) is 62.7 Å². The maximum absolute atomic E-state index is 14.3. The molecule has 3 aliphatic carbocycles. The molecule has 13 nitrogen and oxygen atoms in total. The van der Waals surface area contributed by atoms with Crippen LogP contribution in [-0.2, 0) is 44.8 Å². The fraction of sp³-hybridized carbons (Fsp3) is 0.636. The van der Waals surface area contributed by atoms with Gasteiger partial charge in [0.15, 0.2) is 11.8 Å². The minimum atomic E-state index is -1.33. The molecule has 46 heavy (non-hydrogen) atoms. The van der Waals surface area contributed by atoms with Gasteiger partial charge in [-0.25, -0.2) is 0 Å². The van der Waals surface area contributed by atoms with E-state index in [1.807, 2.05) is 24.3 Å². The molecule has 7 rings (SSSR count). The van der Waals surface area contributed by atoms with E-state index >= 15 is 0 Å². The maximum Gasteiger partial charge on any atom is 0.327 e. The number of rotatable bonds is 12. The molecule has 2 bridgehead atoms. The van der Waals surface area contributed by atoms with Gasteiger partial charge in [-0.1, -0.05) is 24.3 Å². The van der Waals surface area contributed by atoms with Gasteiger partial charge in [0.05, 0.1) is 13.2 Å². The van der Waals surface area contributed by atoms with Gasteiger partial charge < -0.3 is 34.9 Å². The summed E-state index contributed by atoms with van der Waals surface area (Å²) in [6, 6.07) is 6.49. The summed E-state index contributed by atoms with van der Waals surface area (Å²) in [7, 11) is 3.37. The van der Waals surface area contributed by atoms with Crippen LogP contribution in [0.25, 0.3) is 6.08 Å². The van der Waals surface area contributed by atoms with Crippen LogP contribution in [0.5, 0.6) is 0 Å². The summed E-state index contributed by atoms with van der Waals surface area (Å²) in [5.41, 5.74) is 0.286. The largest absolute Gasteiger partial charge is 0.458 e. The second kappa shape index (κ2) is 12.0. The van der Waals surface area contributed by atoms with Gasteiger partial charge >= 0.3 is 5.97 Å². The van der Waals surface area contributed by atoms with Crippen LogP contribution in [0.15, 0.2) is 30.3 Å². The zero-order valence-electron chi connectivity index (χ0n) is 26.2. The Labute approximate surface area is 267 Å². The lowest BCUT2D eigenvalue weighted by molar-refractivity contribution is -0.235. The van der Waals surface area contributed by atoms with Crippen LogP contribution in [0.1, 0.15) is 49.7 Å². The minimum absolute atomic E-state index is 0.0182. The van der Waals surface area contributed by atoms with E-state index in [1.54, 1.807) is 25.2 Å². The Bertz CT molecular complexity index is 1410. The van der Waals surface area contributed by atoms with Crippen LogP contribution in [0.2, 0.25) is 0 Å². The van der Waals surface area contributed by atoms with Crippen molar-refractivity contribution in [2.45, 2.75) is 81.3 Å². The summed E-state index contributed by atoms with van der Waals surface area (Å²) in [4.78, 5) is 60.6. The van der Waals surface area contributed by atoms with Crippen LogP contribution >= 0.6 is 0 Å². The van der Waals surface area contributed by atoms with Crippen molar-refractivity contribution in [3.8, 4) is 0 Å². The average molecular weight is 639 g/mol. The van der Waals surface area contributed by atoms with E-state index in [0.717, 1.165) is 36.8 Å². The summed E-state index contributed by atoms with van der Waals surface area (Å²) in [6.07, 6.45) is 4.83. The number of likely N-dealkylation sites (N-methyl/N-ethyl adjacent to an activating group) is 1. The third kappa shape index (κ3) is 5.41. The van der Waals surface area contributed by atoms with Crippen molar-refractivity contribution in [3.63, 3.8) is 0 Å². The number of hydroxylamine groups is 2. The topological polar surface area (TPSA) is 156 Å². The van der Waals surface area contributed by atoms with Gasteiger partial charge in [-0.15, -0.1) is 0 Å². The summed E-state index contributed by atoms with van der Waals surface area (Å²) in [5, 5.41) is 16.0. The number of nitrogens with one attached hydrogen (secondary N) is 2. The molecule has 3 aliphatic heterocycles. The molecule has 0 unspecified atom stereocenters. The van der Waals surface area contributed by atoms with Gasteiger partial charge in [0.2, 0.25) is 17.7 Å². The molecule has 248 valence electrons. The van der Waals surface area contributed by atoms with E-state index in [9.17, 15) is 19.2 Å². The number of benzene rings is 1. The Balaban J connectivity index is 1.18. The Kier molecular flexibility index (Phi) is 8.17. The summed E-state index contributed by atoms with van der Waals surface area (Å²) < 4.78 is 19.7. The third-order valence-corrected chi connectivity index (χ3v) is 10.1. The predicted molar refractivity (Wildman–Crippen MR) is 161 cm³/mol. The van der Waals surface area contributed by atoms with E-state index in [0.29, 0.717) is 0 Å². The third-order valence-electron chi connectivity index (χ3n) is 10.1. The fourth-order valence-corrected chi connectivity index (χ4v) is 7.70. The number of nitrogens with zero attached hydrogens (tertiary/aromatic N) is 2. The van der Waals surface area contributed by atoms with Gasteiger partial charge in [0.1, 0.15) is 29.8 Å². The number of amides is 3. The highest BCUT2D eigenvalue weighted by Gasteiger charge is 2.78. The second-order valence-electron chi connectivity index (χ2n) is 13.5. The molecule has 1 aromatic carbocycles. The first-order chi connectivity index (χ1) is 22.2. The molecule has 0 radical (unpaired) electrons. The first kappa shape index (κ1) is 31.3. The monoisotopic (exact) mass is 638 g/mol. The molecule has 0 aromatic heterocycles. The summed E-state index contributed by atoms with van der Waals surface area (Å²) in [5.74, 6) is -1.60. The molecule has 6 aliphatic rings. The SMILES string of the molecule is CN(C)C(=O)C=Cc1cccc(CN2O[C@@H]3[C@H]4OC(C5CC5)(C5CC5)O[C@H]4[C@H]4C[C@]3(C(=O)NCCC(=O)NCCO)[C@@H]2C(=O)O4)c1. The molecule has 3 heterocycles. The molecule has 6 fully saturated rings. The standard InChI is InChI=1S/C33H42N4O9/c1-36(2)25(40)11-6-19-4-3-5-20(16-19)18-37-28-30(41)43-23-17-32(28,31(42)35-13-12-24(39)34-14-15-38)29(46-37)27-26(23)44-33(45-27,21-7-8-21)22-9-10-22/h3-6,11,16,21-23,26-29,38H,7-10,12-15,17-18H2,1-2H3,(H,34,39)(H,35,42)/t23-,26+,27+,28+,29-,32+/m1/s1. The van der Waals surface area contributed by atoms with Crippen molar-refractivity contribution in [1.29, 1.82) is 0 Å². The number of aliphatic hydroxyl groups is 1. The Morgan fingerprint density at radius 2 is 1.80 bits per heavy atom. The highest BCUT2D eigenvalue weighted by Crippen LogP contribution is 2.63. The number of hydrogen-bond donors (Lipinski definition) is 3. The number of carbonyl (C=O) groups is 4. The normalized spacial score (nSPS) is 32.6. The molecule has 6 atom stereocenters. The van der Waals surface area contributed by atoms with Crippen LogP contribution in [0.4, 0.5) is 0 Å². The van der Waals surface area contributed by atoms with Crippen molar-refractivity contribution in [2.24, 2.45) is 17.3 Å². The zero-order valence-corrected chi connectivity index (χ0v) is 26.2. The average Bonchev–Trinajstić information content (AvgIpc) is 3.98. The Morgan fingerprint density at radius 1 is 1.07 bits per heavy atom. The van der Waals surface area contributed by atoms with Gasteiger partial charge in [-0.2, -0.15) is 5.06 Å². The van der Waals surface area contributed by atoms with E-state index < -0.39 is 53.5 Å². The number of ether oxygens (including phenoxy) is 3. The molecule has 1 aromatic rings. The number of hydrogen-bond acceptors (Lipinski definition) is 10. The molecule has 0 spiro atoms. The smallest absolute Gasteiger partial charge is 0.327 e. The quantitative estimate of drug-likeness (QED) is 0.218. The number of fused-ring (bicyclic) bond motifs is 4. The first-order valence-corrected chi connectivity index (χ1v) is 16.3. The molecular weight excluding hydrogens is 596 g/mol. The van der Waals surface area contributed by atoms with Crippen LogP contribution in [0, 0.1) is 17.3 Å². The minimum Gasteiger partial charge on any atom is -0.458 e. The molecule has 13 heteroatoms. The molecule has 3 N–H and O–H groups in total. The Hall–Kier alpha value is -3.36.